The molecule has 20 heavy (non-hydrogen) atoms. The molecule has 0 aromatic heterocycles. The summed E-state index contributed by atoms with van der Waals surface area (Å²) in [6, 6.07) is 4.02. The van der Waals surface area contributed by atoms with Crippen molar-refractivity contribution in [2.75, 3.05) is 6.61 Å². The standard InChI is InChI=1S/C15H19BrFNO2/c16-13-8-11(17)6-7-12(13)15(20)18-14-5-3-1-2-4-10(14)9-19/h6-8,10,14,19H,1-5,9H2,(H,18,20). The van der Waals surface area contributed by atoms with E-state index in [1.807, 2.05) is 0 Å². The zero-order valence-corrected chi connectivity index (χ0v) is 12.8. The molecule has 1 fully saturated rings. The van der Waals surface area contributed by atoms with E-state index in [0.29, 0.717) is 10.0 Å². The highest BCUT2D eigenvalue weighted by atomic mass is 79.9. The number of hydrogen-bond donors (Lipinski definition) is 2. The average molecular weight is 344 g/mol. The van der Waals surface area contributed by atoms with Gasteiger partial charge in [0.05, 0.1) is 5.56 Å². The van der Waals surface area contributed by atoms with E-state index in [9.17, 15) is 14.3 Å². The second-order valence-electron chi connectivity index (χ2n) is 5.28. The number of amides is 1. The summed E-state index contributed by atoms with van der Waals surface area (Å²) < 4.78 is 13.5. The van der Waals surface area contributed by atoms with E-state index >= 15 is 0 Å². The smallest absolute Gasteiger partial charge is 0.252 e. The van der Waals surface area contributed by atoms with E-state index < -0.39 is 0 Å². The van der Waals surface area contributed by atoms with Gasteiger partial charge in [-0.05, 0) is 47.0 Å². The zero-order chi connectivity index (χ0) is 14.5. The lowest BCUT2D eigenvalue weighted by molar-refractivity contribution is 0.0898. The molecule has 1 amide bonds. The summed E-state index contributed by atoms with van der Waals surface area (Å²) in [5, 5.41) is 12.4. The summed E-state index contributed by atoms with van der Waals surface area (Å²) in [7, 11) is 0. The molecule has 1 aliphatic rings. The van der Waals surface area contributed by atoms with Crippen molar-refractivity contribution in [3.05, 3.63) is 34.1 Å². The van der Waals surface area contributed by atoms with Crippen LogP contribution in [0, 0.1) is 11.7 Å². The molecule has 0 aliphatic heterocycles. The molecule has 0 bridgehead atoms. The van der Waals surface area contributed by atoms with Gasteiger partial charge < -0.3 is 10.4 Å². The Balaban J connectivity index is 2.09. The first-order chi connectivity index (χ1) is 9.61. The molecule has 2 N–H and O–H groups in total. The predicted octanol–water partition coefficient (Wildman–Crippen LogP) is 3.26. The number of hydrogen-bond acceptors (Lipinski definition) is 2. The Morgan fingerprint density at radius 2 is 2.10 bits per heavy atom. The normalized spacial score (nSPS) is 23.1. The Kier molecular flexibility index (Phi) is 5.54. The third-order valence-corrected chi connectivity index (χ3v) is 4.54. The largest absolute Gasteiger partial charge is 0.396 e. The molecule has 2 unspecified atom stereocenters. The van der Waals surface area contributed by atoms with Crippen LogP contribution in [-0.4, -0.2) is 23.7 Å². The number of aliphatic hydroxyl groups is 1. The Bertz CT molecular complexity index is 481. The van der Waals surface area contributed by atoms with Gasteiger partial charge in [0, 0.05) is 23.0 Å². The number of aliphatic hydroxyl groups excluding tert-OH is 1. The van der Waals surface area contributed by atoms with Gasteiger partial charge in [-0.1, -0.05) is 19.3 Å². The molecule has 1 aromatic carbocycles. The lowest BCUT2D eigenvalue weighted by Gasteiger charge is -2.24. The second-order valence-corrected chi connectivity index (χ2v) is 6.14. The number of rotatable bonds is 3. The Labute approximate surface area is 126 Å². The van der Waals surface area contributed by atoms with Crippen molar-refractivity contribution < 1.29 is 14.3 Å². The fraction of sp³-hybridized carbons (Fsp3) is 0.533. The van der Waals surface area contributed by atoms with E-state index in [-0.39, 0.29) is 30.3 Å². The van der Waals surface area contributed by atoms with Crippen molar-refractivity contribution in [2.45, 2.75) is 38.1 Å². The molecule has 2 rings (SSSR count). The van der Waals surface area contributed by atoms with Gasteiger partial charge in [0.15, 0.2) is 0 Å². The van der Waals surface area contributed by atoms with E-state index in [0.717, 1.165) is 32.1 Å². The molecular weight excluding hydrogens is 325 g/mol. The van der Waals surface area contributed by atoms with Crippen molar-refractivity contribution >= 4 is 21.8 Å². The zero-order valence-electron chi connectivity index (χ0n) is 11.2. The van der Waals surface area contributed by atoms with Gasteiger partial charge in [0.25, 0.3) is 5.91 Å². The molecule has 1 saturated carbocycles. The van der Waals surface area contributed by atoms with Crippen molar-refractivity contribution in [3.63, 3.8) is 0 Å². The van der Waals surface area contributed by atoms with Gasteiger partial charge in [-0.15, -0.1) is 0 Å². The number of carbonyl (C=O) groups is 1. The van der Waals surface area contributed by atoms with Crippen LogP contribution in [0.1, 0.15) is 42.5 Å². The lowest BCUT2D eigenvalue weighted by atomic mass is 9.95. The summed E-state index contributed by atoms with van der Waals surface area (Å²) in [6.07, 6.45) is 5.12. The predicted molar refractivity (Wildman–Crippen MR) is 79.0 cm³/mol. The SMILES string of the molecule is O=C(NC1CCCCCC1CO)c1ccc(F)cc1Br. The van der Waals surface area contributed by atoms with Crippen molar-refractivity contribution in [3.8, 4) is 0 Å². The van der Waals surface area contributed by atoms with Crippen LogP contribution in [0.2, 0.25) is 0 Å². The Morgan fingerprint density at radius 1 is 1.35 bits per heavy atom. The first kappa shape index (κ1) is 15.4. The number of benzene rings is 1. The summed E-state index contributed by atoms with van der Waals surface area (Å²) in [5.74, 6) is -0.487. The first-order valence-electron chi connectivity index (χ1n) is 6.98. The molecule has 0 radical (unpaired) electrons. The number of nitrogens with one attached hydrogen (secondary N) is 1. The molecule has 110 valence electrons. The summed E-state index contributed by atoms with van der Waals surface area (Å²) >= 11 is 3.21. The van der Waals surface area contributed by atoms with Crippen LogP contribution in [0.4, 0.5) is 4.39 Å². The second kappa shape index (κ2) is 7.18. The van der Waals surface area contributed by atoms with E-state index in [4.69, 9.17) is 0 Å². The highest BCUT2D eigenvalue weighted by molar-refractivity contribution is 9.10. The third kappa shape index (κ3) is 3.79. The van der Waals surface area contributed by atoms with Gasteiger partial charge in [-0.25, -0.2) is 4.39 Å². The minimum Gasteiger partial charge on any atom is -0.396 e. The van der Waals surface area contributed by atoms with Crippen molar-refractivity contribution in [1.82, 2.24) is 5.32 Å². The van der Waals surface area contributed by atoms with E-state index in [1.165, 1.54) is 18.2 Å². The number of carbonyl (C=O) groups excluding carboxylic acids is 1. The molecule has 0 saturated heterocycles. The maximum atomic E-state index is 13.0. The summed E-state index contributed by atoms with van der Waals surface area (Å²) in [4.78, 5) is 12.3. The molecule has 3 nitrogen and oxygen atoms in total. The fourth-order valence-electron chi connectivity index (χ4n) is 2.71. The monoisotopic (exact) mass is 343 g/mol. The Morgan fingerprint density at radius 3 is 2.80 bits per heavy atom. The molecular formula is C15H19BrFNO2. The van der Waals surface area contributed by atoms with Crippen LogP contribution in [0.3, 0.4) is 0 Å². The van der Waals surface area contributed by atoms with E-state index in [1.54, 1.807) is 0 Å². The highest BCUT2D eigenvalue weighted by Crippen LogP contribution is 2.24. The topological polar surface area (TPSA) is 49.3 Å². The van der Waals surface area contributed by atoms with Crippen LogP contribution in [-0.2, 0) is 0 Å². The quantitative estimate of drug-likeness (QED) is 0.827. The van der Waals surface area contributed by atoms with Gasteiger partial charge in [0.1, 0.15) is 5.82 Å². The maximum absolute atomic E-state index is 13.0. The average Bonchev–Trinajstić information content (AvgIpc) is 2.63. The fourth-order valence-corrected chi connectivity index (χ4v) is 3.24. The van der Waals surface area contributed by atoms with Crippen LogP contribution in [0.15, 0.2) is 22.7 Å². The highest BCUT2D eigenvalue weighted by Gasteiger charge is 2.25. The molecule has 1 aromatic rings. The van der Waals surface area contributed by atoms with Crippen molar-refractivity contribution in [2.24, 2.45) is 5.92 Å². The van der Waals surface area contributed by atoms with E-state index in [2.05, 4.69) is 21.2 Å². The van der Waals surface area contributed by atoms with Crippen LogP contribution < -0.4 is 5.32 Å². The summed E-state index contributed by atoms with van der Waals surface area (Å²) in [6.45, 7) is 0.0928. The van der Waals surface area contributed by atoms with Crippen LogP contribution in [0.25, 0.3) is 0 Å². The molecule has 0 spiro atoms. The third-order valence-electron chi connectivity index (χ3n) is 3.89. The molecule has 5 heteroatoms. The minimum atomic E-state index is -0.379. The molecule has 2 atom stereocenters. The minimum absolute atomic E-state index is 0.00745. The Hall–Kier alpha value is -0.940. The molecule has 1 aliphatic carbocycles. The van der Waals surface area contributed by atoms with Crippen LogP contribution in [0.5, 0.6) is 0 Å². The van der Waals surface area contributed by atoms with Crippen molar-refractivity contribution in [1.29, 1.82) is 0 Å². The first-order valence-corrected chi connectivity index (χ1v) is 7.78. The summed E-state index contributed by atoms with van der Waals surface area (Å²) in [5.41, 5.74) is 0.423. The van der Waals surface area contributed by atoms with Gasteiger partial charge in [-0.3, -0.25) is 4.79 Å². The molecule has 0 heterocycles. The van der Waals surface area contributed by atoms with Gasteiger partial charge in [-0.2, -0.15) is 0 Å². The number of halogens is 2. The lowest BCUT2D eigenvalue weighted by Crippen LogP contribution is -2.41. The van der Waals surface area contributed by atoms with Gasteiger partial charge in [0.2, 0.25) is 0 Å². The van der Waals surface area contributed by atoms with Gasteiger partial charge >= 0.3 is 0 Å². The maximum Gasteiger partial charge on any atom is 0.252 e. The van der Waals surface area contributed by atoms with Crippen LogP contribution >= 0.6 is 15.9 Å².